The zero-order chi connectivity index (χ0) is 20.3. The third-order valence-corrected chi connectivity index (χ3v) is 7.57. The molecule has 1 unspecified atom stereocenters. The van der Waals surface area contributed by atoms with Crippen LogP contribution in [0.2, 0.25) is 0 Å². The van der Waals surface area contributed by atoms with Crippen molar-refractivity contribution in [2.75, 3.05) is 26.7 Å². The van der Waals surface area contributed by atoms with Gasteiger partial charge in [0.15, 0.2) is 11.5 Å². The second kappa shape index (κ2) is 8.73. The number of hydrogen-bond donors (Lipinski definition) is 1. The lowest BCUT2D eigenvalue weighted by Gasteiger charge is -2.27. The highest BCUT2D eigenvalue weighted by Crippen LogP contribution is 2.36. The van der Waals surface area contributed by atoms with Gasteiger partial charge in [0.25, 0.3) is 0 Å². The summed E-state index contributed by atoms with van der Waals surface area (Å²) in [6.45, 7) is 2.68. The van der Waals surface area contributed by atoms with Gasteiger partial charge in [-0.2, -0.15) is 4.31 Å². The van der Waals surface area contributed by atoms with Crippen LogP contribution in [0.3, 0.4) is 0 Å². The van der Waals surface area contributed by atoms with Crippen LogP contribution in [0.5, 0.6) is 11.5 Å². The highest BCUT2D eigenvalue weighted by Gasteiger charge is 2.33. The fourth-order valence-corrected chi connectivity index (χ4v) is 5.71. The maximum absolute atomic E-state index is 12.5. The highest BCUT2D eigenvalue weighted by atomic mass is 32.2. The van der Waals surface area contributed by atoms with E-state index in [4.69, 9.17) is 9.47 Å². The van der Waals surface area contributed by atoms with Crippen LogP contribution in [0.1, 0.15) is 30.4 Å². The lowest BCUT2D eigenvalue weighted by atomic mass is 10.0. The molecule has 0 saturated heterocycles. The molecule has 0 aliphatic carbocycles. The molecular weight excluding hydrogens is 388 g/mol. The predicted molar refractivity (Wildman–Crippen MR) is 112 cm³/mol. The van der Waals surface area contributed by atoms with E-state index in [9.17, 15) is 8.42 Å². The minimum absolute atomic E-state index is 0.132. The molecule has 2 aromatic rings. The SMILES string of the molecule is COc1cccc2c1OC(CNCCCCN1Cc3ccccc3S1(=O)=O)CC2. The van der Waals surface area contributed by atoms with E-state index in [1.54, 1.807) is 23.5 Å². The summed E-state index contributed by atoms with van der Waals surface area (Å²) in [6, 6.07) is 13.3. The van der Waals surface area contributed by atoms with Crippen molar-refractivity contribution in [2.45, 2.75) is 43.2 Å². The summed E-state index contributed by atoms with van der Waals surface area (Å²) in [5.74, 6) is 1.66. The van der Waals surface area contributed by atoms with Gasteiger partial charge in [0.05, 0.1) is 12.0 Å². The first-order valence-electron chi connectivity index (χ1n) is 10.2. The first-order chi connectivity index (χ1) is 14.1. The number of benzene rings is 2. The van der Waals surface area contributed by atoms with Crippen LogP contribution in [-0.2, 0) is 23.0 Å². The average molecular weight is 417 g/mol. The van der Waals surface area contributed by atoms with Crippen molar-refractivity contribution in [3.63, 3.8) is 0 Å². The standard InChI is InChI=1S/C22H28N2O4S/c1-27-20-9-6-8-17-11-12-19(28-22(17)20)15-23-13-4-5-14-24-16-18-7-2-3-10-21(18)29(24,25)26/h2-3,6-10,19,23H,4-5,11-16H2,1H3. The monoisotopic (exact) mass is 416 g/mol. The Hall–Kier alpha value is -2.09. The van der Waals surface area contributed by atoms with Gasteiger partial charge in [0.2, 0.25) is 10.0 Å². The Morgan fingerprint density at radius 2 is 1.97 bits per heavy atom. The third-order valence-electron chi connectivity index (χ3n) is 5.62. The van der Waals surface area contributed by atoms with Crippen LogP contribution >= 0.6 is 0 Å². The molecule has 6 nitrogen and oxygen atoms in total. The van der Waals surface area contributed by atoms with Crippen LogP contribution in [0.4, 0.5) is 0 Å². The lowest BCUT2D eigenvalue weighted by Crippen LogP contribution is -2.35. The van der Waals surface area contributed by atoms with Crippen molar-refractivity contribution in [1.29, 1.82) is 0 Å². The molecule has 0 saturated carbocycles. The molecular formula is C22H28N2O4S. The maximum Gasteiger partial charge on any atom is 0.243 e. The Labute approximate surface area is 172 Å². The summed E-state index contributed by atoms with van der Waals surface area (Å²) in [5, 5.41) is 3.45. The van der Waals surface area contributed by atoms with Crippen LogP contribution in [0.15, 0.2) is 47.4 Å². The molecule has 0 aromatic heterocycles. The fraction of sp³-hybridized carbons (Fsp3) is 0.455. The highest BCUT2D eigenvalue weighted by molar-refractivity contribution is 7.89. The van der Waals surface area contributed by atoms with E-state index in [2.05, 4.69) is 11.4 Å². The molecule has 2 aliphatic heterocycles. The average Bonchev–Trinajstić information content (AvgIpc) is 3.00. The predicted octanol–water partition coefficient (Wildman–Crippen LogP) is 2.96. The number of ether oxygens (including phenoxy) is 2. The molecule has 0 amide bonds. The topological polar surface area (TPSA) is 67.9 Å². The van der Waals surface area contributed by atoms with Crippen molar-refractivity contribution in [3.05, 3.63) is 53.6 Å². The van der Waals surface area contributed by atoms with Gasteiger partial charge >= 0.3 is 0 Å². The molecule has 29 heavy (non-hydrogen) atoms. The number of rotatable bonds is 8. The minimum Gasteiger partial charge on any atom is -0.493 e. The van der Waals surface area contributed by atoms with E-state index in [1.165, 1.54) is 5.56 Å². The lowest BCUT2D eigenvalue weighted by molar-refractivity contribution is 0.163. The zero-order valence-electron chi connectivity index (χ0n) is 16.8. The smallest absolute Gasteiger partial charge is 0.243 e. The van der Waals surface area contributed by atoms with Gasteiger partial charge in [-0.1, -0.05) is 30.3 Å². The second-order valence-corrected chi connectivity index (χ2v) is 9.49. The number of nitrogens with zero attached hydrogens (tertiary/aromatic N) is 1. The molecule has 0 bridgehead atoms. The number of nitrogens with one attached hydrogen (secondary N) is 1. The first kappa shape index (κ1) is 20.2. The maximum atomic E-state index is 12.5. The molecule has 0 fully saturated rings. The van der Waals surface area contributed by atoms with E-state index in [-0.39, 0.29) is 6.10 Å². The van der Waals surface area contributed by atoms with E-state index in [0.29, 0.717) is 18.0 Å². The summed E-state index contributed by atoms with van der Waals surface area (Å²) in [6.07, 6.45) is 3.87. The van der Waals surface area contributed by atoms with Gasteiger partial charge in [-0.15, -0.1) is 0 Å². The molecule has 0 spiro atoms. The summed E-state index contributed by atoms with van der Waals surface area (Å²) in [5.41, 5.74) is 2.10. The number of para-hydroxylation sites is 1. The van der Waals surface area contributed by atoms with E-state index in [1.807, 2.05) is 24.3 Å². The molecule has 1 atom stereocenters. The van der Waals surface area contributed by atoms with Gasteiger partial charge in [-0.05, 0) is 55.5 Å². The van der Waals surface area contributed by atoms with Crippen molar-refractivity contribution < 1.29 is 17.9 Å². The number of fused-ring (bicyclic) bond motifs is 2. The second-order valence-electron chi connectivity index (χ2n) is 7.58. The number of sulfonamides is 1. The van der Waals surface area contributed by atoms with Crippen molar-refractivity contribution >= 4 is 10.0 Å². The van der Waals surface area contributed by atoms with Crippen molar-refractivity contribution in [3.8, 4) is 11.5 Å². The third kappa shape index (κ3) is 4.27. The molecule has 156 valence electrons. The molecule has 0 radical (unpaired) electrons. The van der Waals surface area contributed by atoms with Crippen LogP contribution < -0.4 is 14.8 Å². The Balaban J connectivity index is 1.18. The van der Waals surface area contributed by atoms with Gasteiger partial charge in [0, 0.05) is 19.6 Å². The Bertz CT molecular complexity index is 947. The number of unbranched alkanes of at least 4 members (excludes halogenated alkanes) is 1. The van der Waals surface area contributed by atoms with Gasteiger partial charge < -0.3 is 14.8 Å². The quantitative estimate of drug-likeness (QED) is 0.670. The molecule has 2 aromatic carbocycles. The Kier molecular flexibility index (Phi) is 6.08. The molecule has 4 rings (SSSR count). The summed E-state index contributed by atoms with van der Waals surface area (Å²) in [7, 11) is -1.64. The minimum atomic E-state index is -3.31. The zero-order valence-corrected chi connectivity index (χ0v) is 17.6. The Morgan fingerprint density at radius 1 is 1.14 bits per heavy atom. The Morgan fingerprint density at radius 3 is 2.79 bits per heavy atom. The normalized spacial score (nSPS) is 20.0. The van der Waals surface area contributed by atoms with Crippen molar-refractivity contribution in [1.82, 2.24) is 9.62 Å². The largest absolute Gasteiger partial charge is 0.493 e. The molecule has 7 heteroatoms. The summed E-state index contributed by atoms with van der Waals surface area (Å²) >= 11 is 0. The van der Waals surface area contributed by atoms with Gasteiger partial charge in [-0.3, -0.25) is 0 Å². The van der Waals surface area contributed by atoms with Crippen LogP contribution in [0.25, 0.3) is 0 Å². The number of hydrogen-bond acceptors (Lipinski definition) is 5. The van der Waals surface area contributed by atoms with Gasteiger partial charge in [-0.25, -0.2) is 8.42 Å². The first-order valence-corrected chi connectivity index (χ1v) is 11.6. The summed E-state index contributed by atoms with van der Waals surface area (Å²) in [4.78, 5) is 0.461. The van der Waals surface area contributed by atoms with E-state index in [0.717, 1.165) is 55.8 Å². The number of methoxy groups -OCH3 is 1. The number of aryl methyl sites for hydroxylation is 1. The van der Waals surface area contributed by atoms with Crippen LogP contribution in [0, 0.1) is 0 Å². The fourth-order valence-electron chi connectivity index (χ4n) is 4.04. The van der Waals surface area contributed by atoms with E-state index < -0.39 is 10.0 Å². The van der Waals surface area contributed by atoms with Gasteiger partial charge in [0.1, 0.15) is 6.10 Å². The van der Waals surface area contributed by atoms with Crippen molar-refractivity contribution in [2.24, 2.45) is 0 Å². The molecule has 2 heterocycles. The summed E-state index contributed by atoms with van der Waals surface area (Å²) < 4.78 is 38.2. The van der Waals surface area contributed by atoms with E-state index >= 15 is 0 Å². The molecule has 2 aliphatic rings. The molecule has 1 N–H and O–H groups in total. The van der Waals surface area contributed by atoms with Crippen LogP contribution in [-0.4, -0.2) is 45.6 Å².